The molecule has 0 rings (SSSR count). The molecule has 0 heterocycles. The van der Waals surface area contributed by atoms with E-state index in [9.17, 15) is 4.79 Å². The highest BCUT2D eigenvalue weighted by Crippen LogP contribution is 2.10. The number of esters is 1. The van der Waals surface area contributed by atoms with Crippen molar-refractivity contribution in [2.45, 2.75) is 84.0 Å². The molecule has 0 N–H and O–H groups in total. The highest BCUT2D eigenvalue weighted by atomic mass is 16.5. The Bertz CT molecular complexity index is 279. The maximum absolute atomic E-state index is 10.9. The summed E-state index contributed by atoms with van der Waals surface area (Å²) in [6, 6.07) is 0. The first kappa shape index (κ1) is 19.9. The Hall–Kier alpha value is -1.05. The van der Waals surface area contributed by atoms with Crippen molar-refractivity contribution >= 4 is 5.97 Å². The van der Waals surface area contributed by atoms with E-state index in [2.05, 4.69) is 36.0 Å². The smallest absolute Gasteiger partial charge is 0.305 e. The van der Waals surface area contributed by atoms with Crippen LogP contribution in [0.15, 0.2) is 24.3 Å². The lowest BCUT2D eigenvalue weighted by molar-refractivity contribution is -0.140. The molecule has 2 nitrogen and oxygen atoms in total. The molecule has 0 aromatic heterocycles. The molecule has 0 unspecified atom stereocenters. The molecule has 0 aliphatic heterocycles. The van der Waals surface area contributed by atoms with Gasteiger partial charge in [-0.25, -0.2) is 0 Å². The lowest BCUT2D eigenvalue weighted by Gasteiger charge is -2.01. The lowest BCUT2D eigenvalue weighted by Crippen LogP contribution is -1.99. The number of carbonyl (C=O) groups is 1. The lowest BCUT2D eigenvalue weighted by atomic mass is 10.1. The van der Waals surface area contributed by atoms with Gasteiger partial charge in [0.25, 0.3) is 0 Å². The molecule has 0 aliphatic rings. The van der Waals surface area contributed by atoms with E-state index in [4.69, 9.17) is 0 Å². The van der Waals surface area contributed by atoms with Crippen LogP contribution in [0.1, 0.15) is 84.0 Å². The third-order valence-electron chi connectivity index (χ3n) is 3.59. The first-order valence-electron chi connectivity index (χ1n) is 8.69. The number of rotatable bonds is 14. The molecule has 0 aliphatic carbocycles. The summed E-state index contributed by atoms with van der Waals surface area (Å²) in [7, 11) is 1.46. The monoisotopic (exact) mass is 294 g/mol. The number of unbranched alkanes of at least 4 members (excludes halogenated alkanes) is 9. The molecule has 2 heteroatoms. The van der Waals surface area contributed by atoms with Gasteiger partial charge in [0.15, 0.2) is 0 Å². The van der Waals surface area contributed by atoms with Crippen LogP contribution in [0.5, 0.6) is 0 Å². The molecule has 0 saturated carbocycles. The predicted octanol–water partition coefficient (Wildman–Crippen LogP) is 5.97. The Morgan fingerprint density at radius 2 is 1.33 bits per heavy atom. The molecule has 0 fully saturated rings. The van der Waals surface area contributed by atoms with Gasteiger partial charge in [0.2, 0.25) is 0 Å². The maximum atomic E-state index is 10.9. The summed E-state index contributed by atoms with van der Waals surface area (Å²) < 4.78 is 4.62. The highest BCUT2D eigenvalue weighted by molar-refractivity contribution is 5.68. The fourth-order valence-electron chi connectivity index (χ4n) is 2.19. The van der Waals surface area contributed by atoms with Crippen molar-refractivity contribution < 1.29 is 9.53 Å². The molecule has 0 saturated heterocycles. The zero-order valence-corrected chi connectivity index (χ0v) is 14.1. The predicted molar refractivity (Wildman–Crippen MR) is 91.4 cm³/mol. The largest absolute Gasteiger partial charge is 0.469 e. The van der Waals surface area contributed by atoms with Crippen molar-refractivity contribution in [1.29, 1.82) is 0 Å². The van der Waals surface area contributed by atoms with Gasteiger partial charge in [-0.3, -0.25) is 4.79 Å². The van der Waals surface area contributed by atoms with E-state index in [1.165, 1.54) is 64.9 Å². The van der Waals surface area contributed by atoms with Crippen LogP contribution >= 0.6 is 0 Å². The SMILES string of the molecule is CCCC/C=C/C=C/CCCCCCCCCC(=O)OC. The van der Waals surface area contributed by atoms with Gasteiger partial charge in [0, 0.05) is 6.42 Å². The minimum Gasteiger partial charge on any atom is -0.469 e. The number of hydrogen-bond donors (Lipinski definition) is 0. The zero-order valence-electron chi connectivity index (χ0n) is 14.1. The van der Waals surface area contributed by atoms with Crippen LogP contribution in [-0.2, 0) is 9.53 Å². The molecule has 122 valence electrons. The number of carbonyl (C=O) groups excluding carboxylic acids is 1. The van der Waals surface area contributed by atoms with Crippen LogP contribution in [0.25, 0.3) is 0 Å². The summed E-state index contributed by atoms with van der Waals surface area (Å²) >= 11 is 0. The quantitative estimate of drug-likeness (QED) is 0.224. The van der Waals surface area contributed by atoms with Gasteiger partial charge in [-0.2, -0.15) is 0 Å². The molecule has 0 atom stereocenters. The van der Waals surface area contributed by atoms with Crippen molar-refractivity contribution in [3.05, 3.63) is 24.3 Å². The third-order valence-corrected chi connectivity index (χ3v) is 3.59. The number of hydrogen-bond acceptors (Lipinski definition) is 2. The average molecular weight is 294 g/mol. The summed E-state index contributed by atoms with van der Waals surface area (Å²) in [5, 5.41) is 0. The molecule has 0 bridgehead atoms. The normalized spacial score (nSPS) is 11.5. The second kappa shape index (κ2) is 17.0. The average Bonchev–Trinajstić information content (AvgIpc) is 2.50. The van der Waals surface area contributed by atoms with Crippen molar-refractivity contribution in [1.82, 2.24) is 0 Å². The number of methoxy groups -OCH3 is 1. The standard InChI is InChI=1S/C19H34O2/c1-3-4-5-6-7-8-9-10-11-12-13-14-15-16-17-18-19(20)21-2/h6-9H,3-5,10-18H2,1-2H3/b7-6+,9-8+. The summed E-state index contributed by atoms with van der Waals surface area (Å²) in [5.41, 5.74) is 0. The molecular weight excluding hydrogens is 260 g/mol. The molecule has 0 aromatic rings. The van der Waals surface area contributed by atoms with Crippen LogP contribution < -0.4 is 0 Å². The molecule has 21 heavy (non-hydrogen) atoms. The van der Waals surface area contributed by atoms with Crippen molar-refractivity contribution in [2.75, 3.05) is 7.11 Å². The summed E-state index contributed by atoms with van der Waals surface area (Å²) in [4.78, 5) is 10.9. The maximum Gasteiger partial charge on any atom is 0.305 e. The first-order chi connectivity index (χ1) is 10.3. The van der Waals surface area contributed by atoms with Crippen LogP contribution in [0.4, 0.5) is 0 Å². The van der Waals surface area contributed by atoms with Crippen LogP contribution in [0, 0.1) is 0 Å². The molecule has 0 spiro atoms. The van der Waals surface area contributed by atoms with Gasteiger partial charge in [0.1, 0.15) is 0 Å². The van der Waals surface area contributed by atoms with Crippen molar-refractivity contribution in [3.63, 3.8) is 0 Å². The van der Waals surface area contributed by atoms with E-state index in [0.29, 0.717) is 6.42 Å². The van der Waals surface area contributed by atoms with Gasteiger partial charge in [-0.1, -0.05) is 76.2 Å². The van der Waals surface area contributed by atoms with E-state index in [0.717, 1.165) is 12.8 Å². The molecule has 0 amide bonds. The van der Waals surface area contributed by atoms with E-state index in [1.54, 1.807) is 0 Å². The Kier molecular flexibility index (Phi) is 16.2. The van der Waals surface area contributed by atoms with Gasteiger partial charge >= 0.3 is 5.97 Å². The van der Waals surface area contributed by atoms with Crippen LogP contribution in [0.2, 0.25) is 0 Å². The second-order valence-corrected chi connectivity index (χ2v) is 5.59. The van der Waals surface area contributed by atoms with Crippen LogP contribution in [-0.4, -0.2) is 13.1 Å². The van der Waals surface area contributed by atoms with Crippen molar-refractivity contribution in [2.24, 2.45) is 0 Å². The van der Waals surface area contributed by atoms with E-state index >= 15 is 0 Å². The summed E-state index contributed by atoms with van der Waals surface area (Å²) in [5.74, 6) is -0.0782. The molecule has 0 aromatic carbocycles. The summed E-state index contributed by atoms with van der Waals surface area (Å²) in [6.07, 6.45) is 23.0. The minimum absolute atomic E-state index is 0.0782. The Balaban J connectivity index is 3.17. The fourth-order valence-corrected chi connectivity index (χ4v) is 2.19. The molecule has 0 radical (unpaired) electrons. The topological polar surface area (TPSA) is 26.3 Å². The zero-order chi connectivity index (χ0) is 15.6. The Morgan fingerprint density at radius 3 is 1.90 bits per heavy atom. The minimum atomic E-state index is -0.0782. The van der Waals surface area contributed by atoms with Gasteiger partial charge in [-0.15, -0.1) is 0 Å². The fraction of sp³-hybridized carbons (Fsp3) is 0.737. The second-order valence-electron chi connectivity index (χ2n) is 5.59. The Morgan fingerprint density at radius 1 is 0.810 bits per heavy atom. The van der Waals surface area contributed by atoms with Crippen molar-refractivity contribution in [3.8, 4) is 0 Å². The Labute approximate surface area is 131 Å². The molecular formula is C19H34O2. The van der Waals surface area contributed by atoms with Gasteiger partial charge < -0.3 is 4.74 Å². The third kappa shape index (κ3) is 16.9. The first-order valence-corrected chi connectivity index (χ1v) is 8.69. The van der Waals surface area contributed by atoms with E-state index in [1.807, 2.05) is 0 Å². The summed E-state index contributed by atoms with van der Waals surface area (Å²) in [6.45, 7) is 2.23. The number of allylic oxidation sites excluding steroid dienone is 4. The van der Waals surface area contributed by atoms with Gasteiger partial charge in [0.05, 0.1) is 7.11 Å². The van der Waals surface area contributed by atoms with Crippen LogP contribution in [0.3, 0.4) is 0 Å². The number of ether oxygens (including phenoxy) is 1. The van der Waals surface area contributed by atoms with E-state index in [-0.39, 0.29) is 5.97 Å². The van der Waals surface area contributed by atoms with E-state index < -0.39 is 0 Å². The highest BCUT2D eigenvalue weighted by Gasteiger charge is 1.98. The van der Waals surface area contributed by atoms with Gasteiger partial charge in [-0.05, 0) is 25.7 Å².